The van der Waals surface area contributed by atoms with Crippen LogP contribution in [0, 0.1) is 0 Å². The zero-order valence-corrected chi connectivity index (χ0v) is 14.6. The van der Waals surface area contributed by atoms with E-state index in [-0.39, 0.29) is 12.1 Å². The molecule has 1 aromatic heterocycles. The fraction of sp³-hybridized carbons (Fsp3) is 0.462. The Morgan fingerprint density at radius 1 is 1.35 bits per heavy atom. The van der Waals surface area contributed by atoms with Crippen LogP contribution in [-0.2, 0) is 4.74 Å². The van der Waals surface area contributed by atoms with Crippen LogP contribution in [-0.4, -0.2) is 42.1 Å². The van der Waals surface area contributed by atoms with E-state index in [0.29, 0.717) is 21.8 Å². The zero-order valence-electron chi connectivity index (χ0n) is 12.2. The topological polar surface area (TPSA) is 128 Å². The summed E-state index contributed by atoms with van der Waals surface area (Å²) in [5.41, 5.74) is 10.6. The second-order valence-corrected chi connectivity index (χ2v) is 7.52. The number of nitrogens with two attached hydrogens (primary N) is 2. The van der Waals surface area contributed by atoms with E-state index in [1.54, 1.807) is 6.07 Å². The maximum absolute atomic E-state index is 12.4. The van der Waals surface area contributed by atoms with Crippen LogP contribution in [0.4, 0.5) is 14.6 Å². The van der Waals surface area contributed by atoms with Crippen molar-refractivity contribution in [2.24, 2.45) is 11.5 Å². The van der Waals surface area contributed by atoms with E-state index < -0.39 is 24.1 Å². The normalized spacial score (nSPS) is 18.1. The molecule has 1 saturated heterocycles. The molecule has 2 rings (SSSR count). The van der Waals surface area contributed by atoms with Gasteiger partial charge in [-0.15, -0.1) is 11.3 Å². The average Bonchev–Trinajstić information content (AvgIpc) is 2.68. The van der Waals surface area contributed by atoms with Gasteiger partial charge in [0.1, 0.15) is 11.1 Å². The summed E-state index contributed by atoms with van der Waals surface area (Å²) < 4.78 is 6.14. The predicted octanol–water partition coefficient (Wildman–Crippen LogP) is 2.09. The molecule has 0 aromatic carbocycles. The molecule has 0 bridgehead atoms. The molecule has 0 saturated carbocycles. The summed E-state index contributed by atoms with van der Waals surface area (Å²) >= 11 is 4.42. The summed E-state index contributed by atoms with van der Waals surface area (Å²) in [6, 6.07) is 0.269. The van der Waals surface area contributed by atoms with E-state index in [9.17, 15) is 14.4 Å². The molecule has 1 atom stereocenters. The van der Waals surface area contributed by atoms with Crippen molar-refractivity contribution in [2.75, 3.05) is 18.4 Å². The minimum Gasteiger partial charge on any atom is -0.457 e. The Labute approximate surface area is 145 Å². The number of rotatable bonds is 3. The number of primary amides is 2. The van der Waals surface area contributed by atoms with Gasteiger partial charge in [-0.25, -0.2) is 14.4 Å². The molecule has 4 amide bonds. The van der Waals surface area contributed by atoms with Crippen LogP contribution in [0.5, 0.6) is 0 Å². The zero-order chi connectivity index (χ0) is 17.0. The van der Waals surface area contributed by atoms with Gasteiger partial charge in [-0.2, -0.15) is 0 Å². The quantitative estimate of drug-likeness (QED) is 0.666. The summed E-state index contributed by atoms with van der Waals surface area (Å²) in [5, 5.41) is 2.71. The maximum atomic E-state index is 12.4. The van der Waals surface area contributed by atoms with Crippen molar-refractivity contribution in [1.29, 1.82) is 0 Å². The first kappa shape index (κ1) is 17.5. The number of carbonyl (C=O) groups excluding carboxylic acids is 3. The Balaban J connectivity index is 2.08. The molecular weight excluding hydrogens is 388 g/mol. The maximum Gasteiger partial charge on any atom is 0.341 e. The van der Waals surface area contributed by atoms with E-state index in [0.717, 1.165) is 24.2 Å². The van der Waals surface area contributed by atoms with E-state index in [1.165, 1.54) is 4.90 Å². The number of hydrogen-bond donors (Lipinski definition) is 3. The van der Waals surface area contributed by atoms with E-state index >= 15 is 0 Å². The lowest BCUT2D eigenvalue weighted by molar-refractivity contribution is 0.0242. The lowest BCUT2D eigenvalue weighted by atomic mass is 10.2. The first-order chi connectivity index (χ1) is 10.9. The predicted molar refractivity (Wildman–Crippen MR) is 89.4 cm³/mol. The highest BCUT2D eigenvalue weighted by Gasteiger charge is 2.26. The van der Waals surface area contributed by atoms with Gasteiger partial charge in [0.2, 0.25) is 0 Å². The number of hydrogen-bond acceptors (Lipinski definition) is 5. The number of nitrogens with one attached hydrogen (secondary N) is 1. The number of likely N-dealkylation sites (tertiary alicyclic amines) is 1. The number of carbonyl (C=O) groups is 3. The van der Waals surface area contributed by atoms with Gasteiger partial charge >= 0.3 is 18.0 Å². The molecule has 126 valence electrons. The highest BCUT2D eigenvalue weighted by atomic mass is 79.9. The fourth-order valence-corrected chi connectivity index (χ4v) is 3.82. The van der Waals surface area contributed by atoms with Gasteiger partial charge < -0.3 is 21.1 Å². The van der Waals surface area contributed by atoms with Crippen LogP contribution in [0.1, 0.15) is 29.6 Å². The van der Waals surface area contributed by atoms with Gasteiger partial charge in [-0.3, -0.25) is 5.32 Å². The van der Waals surface area contributed by atoms with Gasteiger partial charge in [0.05, 0.1) is 15.9 Å². The molecule has 23 heavy (non-hydrogen) atoms. The van der Waals surface area contributed by atoms with Crippen LogP contribution in [0.25, 0.3) is 0 Å². The molecule has 0 spiro atoms. The molecule has 8 nitrogen and oxygen atoms in total. The molecule has 2 heterocycles. The second-order valence-electron chi connectivity index (χ2n) is 5.09. The molecule has 1 aliphatic heterocycles. The Hall–Kier alpha value is -1.81. The first-order valence-electron chi connectivity index (χ1n) is 6.98. The summed E-state index contributed by atoms with van der Waals surface area (Å²) in [4.78, 5) is 36.2. The first-order valence-corrected chi connectivity index (χ1v) is 8.59. The molecule has 1 aromatic rings. The molecule has 10 heteroatoms. The number of esters is 1. The Morgan fingerprint density at radius 3 is 2.74 bits per heavy atom. The highest BCUT2D eigenvalue weighted by Crippen LogP contribution is 2.33. The molecule has 1 fully saturated rings. The van der Waals surface area contributed by atoms with Crippen LogP contribution >= 0.6 is 27.3 Å². The fourth-order valence-electron chi connectivity index (χ4n) is 2.33. The van der Waals surface area contributed by atoms with Gasteiger partial charge in [0, 0.05) is 6.54 Å². The summed E-state index contributed by atoms with van der Waals surface area (Å²) in [6.45, 7) is 0.826. The Kier molecular flexibility index (Phi) is 5.83. The molecular formula is C13H17BrN4O4S. The molecule has 1 aliphatic rings. The lowest BCUT2D eigenvalue weighted by Gasteiger charge is -2.22. The van der Waals surface area contributed by atoms with Crippen molar-refractivity contribution in [3.63, 3.8) is 0 Å². The van der Waals surface area contributed by atoms with Gasteiger partial charge in [0.15, 0.2) is 0 Å². The number of urea groups is 2. The van der Waals surface area contributed by atoms with Crippen molar-refractivity contribution in [3.8, 4) is 0 Å². The van der Waals surface area contributed by atoms with E-state index in [4.69, 9.17) is 16.2 Å². The number of anilines is 1. The highest BCUT2D eigenvalue weighted by molar-refractivity contribution is 9.11. The summed E-state index contributed by atoms with van der Waals surface area (Å²) in [6.07, 6.45) is 1.87. The summed E-state index contributed by atoms with van der Waals surface area (Å²) in [7, 11) is 0. The largest absolute Gasteiger partial charge is 0.457 e. The molecule has 0 radical (unpaired) electrons. The van der Waals surface area contributed by atoms with Gasteiger partial charge in [-0.05, 0) is 41.3 Å². The number of halogens is 1. The SMILES string of the molecule is NC(=O)Nc1sc(Br)cc1C(=O)OC1CCCCN(C(N)=O)C1. The molecule has 1 unspecified atom stereocenters. The van der Waals surface area contributed by atoms with Crippen molar-refractivity contribution < 1.29 is 19.1 Å². The third-order valence-electron chi connectivity index (χ3n) is 3.37. The van der Waals surface area contributed by atoms with Gasteiger partial charge in [-0.1, -0.05) is 0 Å². The van der Waals surface area contributed by atoms with Gasteiger partial charge in [0.25, 0.3) is 0 Å². The third kappa shape index (κ3) is 4.83. The second kappa shape index (κ2) is 7.64. The third-order valence-corrected chi connectivity index (χ3v) is 4.93. The van der Waals surface area contributed by atoms with Crippen molar-refractivity contribution in [1.82, 2.24) is 4.90 Å². The minimum absolute atomic E-state index is 0.218. The minimum atomic E-state index is -0.761. The average molecular weight is 405 g/mol. The van der Waals surface area contributed by atoms with Crippen molar-refractivity contribution in [2.45, 2.75) is 25.4 Å². The number of ether oxygens (including phenoxy) is 1. The smallest absolute Gasteiger partial charge is 0.341 e. The standard InChI is InChI=1S/C13H17BrN4O4S/c14-9-5-8(10(23-9)17-12(15)20)11(19)22-7-3-1-2-4-18(6-7)13(16)21/h5,7H,1-4,6H2,(H2,16,21)(H3,15,17,20). The number of thiophene rings is 1. The Bertz CT molecular complexity index is 621. The van der Waals surface area contributed by atoms with Crippen LogP contribution < -0.4 is 16.8 Å². The monoisotopic (exact) mass is 404 g/mol. The molecule has 5 N–H and O–H groups in total. The Morgan fingerprint density at radius 2 is 2.09 bits per heavy atom. The van der Waals surface area contributed by atoms with Crippen molar-refractivity contribution >= 4 is 50.3 Å². The molecule has 0 aliphatic carbocycles. The van der Waals surface area contributed by atoms with Crippen LogP contribution in [0.2, 0.25) is 0 Å². The van der Waals surface area contributed by atoms with Crippen LogP contribution in [0.3, 0.4) is 0 Å². The number of nitrogens with zero attached hydrogens (tertiary/aromatic N) is 1. The lowest BCUT2D eigenvalue weighted by Crippen LogP contribution is -2.41. The van der Waals surface area contributed by atoms with E-state index in [2.05, 4.69) is 21.2 Å². The summed E-state index contributed by atoms with van der Waals surface area (Å²) in [5.74, 6) is -0.577. The number of amides is 4. The van der Waals surface area contributed by atoms with E-state index in [1.807, 2.05) is 0 Å². The van der Waals surface area contributed by atoms with Crippen LogP contribution in [0.15, 0.2) is 9.85 Å². The van der Waals surface area contributed by atoms with Crippen molar-refractivity contribution in [3.05, 3.63) is 15.4 Å².